The van der Waals surface area contributed by atoms with Gasteiger partial charge < -0.3 is 16.4 Å². The standard InChI is InChI=1S/C14H17N7.C2H6/c1-21(10-5-3-2-4-6-10)8-9-7-17-13-11(18-9)12(15)19-14(16)20-13;1-2/h3,5-7H,2,4,8H2,1H3,(H4,15,16,17,19,20);1-2H3. The summed E-state index contributed by atoms with van der Waals surface area (Å²) in [6.07, 6.45) is 10.4. The van der Waals surface area contributed by atoms with E-state index in [4.69, 9.17) is 11.5 Å². The van der Waals surface area contributed by atoms with Crippen LogP contribution in [-0.2, 0) is 6.54 Å². The van der Waals surface area contributed by atoms with E-state index >= 15 is 0 Å². The number of hydrogen-bond acceptors (Lipinski definition) is 7. The first-order chi connectivity index (χ1) is 11.1. The zero-order valence-electron chi connectivity index (χ0n) is 13.8. The molecule has 3 rings (SSSR count). The van der Waals surface area contributed by atoms with E-state index in [9.17, 15) is 0 Å². The van der Waals surface area contributed by atoms with E-state index < -0.39 is 0 Å². The van der Waals surface area contributed by atoms with Gasteiger partial charge in [0, 0.05) is 12.7 Å². The number of nitrogen functional groups attached to an aromatic ring is 2. The Hall–Kier alpha value is -2.70. The van der Waals surface area contributed by atoms with Crippen LogP contribution in [0.5, 0.6) is 0 Å². The summed E-state index contributed by atoms with van der Waals surface area (Å²) in [4.78, 5) is 18.8. The lowest BCUT2D eigenvalue weighted by Crippen LogP contribution is -2.18. The second-order valence-corrected chi connectivity index (χ2v) is 4.97. The predicted molar refractivity (Wildman–Crippen MR) is 93.2 cm³/mol. The van der Waals surface area contributed by atoms with Crippen LogP contribution >= 0.6 is 0 Å². The molecule has 0 atom stereocenters. The van der Waals surface area contributed by atoms with Gasteiger partial charge in [0.15, 0.2) is 17.0 Å². The molecule has 4 N–H and O–H groups in total. The number of anilines is 2. The van der Waals surface area contributed by atoms with Gasteiger partial charge in [-0.25, -0.2) is 9.97 Å². The molecule has 2 aromatic rings. The van der Waals surface area contributed by atoms with Gasteiger partial charge >= 0.3 is 0 Å². The van der Waals surface area contributed by atoms with E-state index in [0.717, 1.165) is 18.5 Å². The number of nitrogens with two attached hydrogens (primary N) is 2. The molecule has 0 saturated heterocycles. The van der Waals surface area contributed by atoms with Gasteiger partial charge in [0.2, 0.25) is 5.95 Å². The third-order valence-electron chi connectivity index (χ3n) is 3.32. The van der Waals surface area contributed by atoms with Gasteiger partial charge in [-0.15, -0.1) is 0 Å². The predicted octanol–water partition coefficient (Wildman–Crippen LogP) is 2.28. The molecule has 0 spiro atoms. The minimum absolute atomic E-state index is 0.108. The highest BCUT2D eigenvalue weighted by Crippen LogP contribution is 2.17. The molecule has 2 heterocycles. The maximum Gasteiger partial charge on any atom is 0.224 e. The average molecular weight is 313 g/mol. The minimum atomic E-state index is 0.108. The monoisotopic (exact) mass is 313 g/mol. The summed E-state index contributed by atoms with van der Waals surface area (Å²) in [5.74, 6) is 0.364. The maximum atomic E-state index is 5.83. The average Bonchev–Trinajstić information content (AvgIpc) is 2.58. The van der Waals surface area contributed by atoms with Gasteiger partial charge in [0.25, 0.3) is 0 Å². The Labute approximate surface area is 136 Å². The number of rotatable bonds is 3. The zero-order valence-corrected chi connectivity index (χ0v) is 13.8. The van der Waals surface area contributed by atoms with Crippen LogP contribution in [0.25, 0.3) is 11.2 Å². The van der Waals surface area contributed by atoms with Crippen molar-refractivity contribution in [1.29, 1.82) is 0 Å². The van der Waals surface area contributed by atoms with Gasteiger partial charge in [-0.3, -0.25) is 0 Å². The van der Waals surface area contributed by atoms with Crippen LogP contribution in [0.3, 0.4) is 0 Å². The summed E-state index contributed by atoms with van der Waals surface area (Å²) >= 11 is 0. The van der Waals surface area contributed by atoms with Crippen LogP contribution in [0.4, 0.5) is 11.8 Å². The highest BCUT2D eigenvalue weighted by Gasteiger charge is 2.10. The van der Waals surface area contributed by atoms with Crippen molar-refractivity contribution in [2.24, 2.45) is 0 Å². The number of aromatic nitrogens is 4. The van der Waals surface area contributed by atoms with Crippen molar-refractivity contribution in [3.8, 4) is 0 Å². The van der Waals surface area contributed by atoms with Gasteiger partial charge in [-0.2, -0.15) is 9.97 Å². The second-order valence-electron chi connectivity index (χ2n) is 4.97. The highest BCUT2D eigenvalue weighted by atomic mass is 15.1. The molecule has 23 heavy (non-hydrogen) atoms. The molecule has 7 heteroatoms. The van der Waals surface area contributed by atoms with E-state index in [1.807, 2.05) is 20.9 Å². The minimum Gasteiger partial charge on any atom is -0.382 e. The zero-order chi connectivity index (χ0) is 16.8. The Bertz CT molecular complexity index is 737. The van der Waals surface area contributed by atoms with Crippen LogP contribution in [-0.4, -0.2) is 31.9 Å². The molecule has 0 bridgehead atoms. The highest BCUT2D eigenvalue weighted by molar-refractivity contribution is 5.81. The smallest absolute Gasteiger partial charge is 0.224 e. The molecule has 7 nitrogen and oxygen atoms in total. The van der Waals surface area contributed by atoms with Crippen molar-refractivity contribution < 1.29 is 0 Å². The number of allylic oxidation sites excluding steroid dienone is 3. The Morgan fingerprint density at radius 3 is 2.61 bits per heavy atom. The van der Waals surface area contributed by atoms with Crippen molar-refractivity contribution in [3.63, 3.8) is 0 Å². The molecule has 122 valence electrons. The molecule has 0 aliphatic heterocycles. The van der Waals surface area contributed by atoms with Gasteiger partial charge in [-0.05, 0) is 18.9 Å². The number of nitrogens with zero attached hydrogens (tertiary/aromatic N) is 5. The fourth-order valence-corrected chi connectivity index (χ4v) is 2.28. The summed E-state index contributed by atoms with van der Waals surface area (Å²) in [5.41, 5.74) is 14.3. The third kappa shape index (κ3) is 3.94. The Morgan fingerprint density at radius 1 is 1.13 bits per heavy atom. The second kappa shape index (κ2) is 7.53. The van der Waals surface area contributed by atoms with Crippen LogP contribution in [0, 0.1) is 0 Å². The first kappa shape index (κ1) is 16.7. The molecule has 1 aliphatic carbocycles. The first-order valence-electron chi connectivity index (χ1n) is 7.76. The largest absolute Gasteiger partial charge is 0.382 e. The molecular weight excluding hydrogens is 290 g/mol. The van der Waals surface area contributed by atoms with Crippen molar-refractivity contribution in [2.45, 2.75) is 33.2 Å². The van der Waals surface area contributed by atoms with Gasteiger partial charge in [0.05, 0.1) is 18.4 Å². The Morgan fingerprint density at radius 2 is 1.91 bits per heavy atom. The van der Waals surface area contributed by atoms with Crippen molar-refractivity contribution >= 4 is 22.9 Å². The van der Waals surface area contributed by atoms with Crippen molar-refractivity contribution in [2.75, 3.05) is 18.5 Å². The van der Waals surface area contributed by atoms with E-state index in [-0.39, 0.29) is 11.8 Å². The summed E-state index contributed by atoms with van der Waals surface area (Å²) < 4.78 is 0. The lowest BCUT2D eigenvalue weighted by atomic mass is 10.1. The molecule has 0 amide bonds. The third-order valence-corrected chi connectivity index (χ3v) is 3.32. The van der Waals surface area contributed by atoms with E-state index in [2.05, 4.69) is 43.1 Å². The Balaban J connectivity index is 0.000000924. The summed E-state index contributed by atoms with van der Waals surface area (Å²) in [6.45, 7) is 4.64. The topological polar surface area (TPSA) is 107 Å². The number of fused-ring (bicyclic) bond motifs is 1. The van der Waals surface area contributed by atoms with Crippen LogP contribution in [0.2, 0.25) is 0 Å². The van der Waals surface area contributed by atoms with Crippen LogP contribution < -0.4 is 11.5 Å². The fourth-order valence-electron chi connectivity index (χ4n) is 2.28. The first-order valence-corrected chi connectivity index (χ1v) is 7.76. The lowest BCUT2D eigenvalue weighted by Gasteiger charge is -2.21. The van der Waals surface area contributed by atoms with Crippen molar-refractivity contribution in [3.05, 3.63) is 35.8 Å². The molecule has 1 aliphatic rings. The Kier molecular flexibility index (Phi) is 5.46. The quantitative estimate of drug-likeness (QED) is 0.895. The fraction of sp³-hybridized carbons (Fsp3) is 0.375. The number of likely N-dealkylation sites (N-methyl/N-ethyl adjacent to an activating group) is 1. The summed E-state index contributed by atoms with van der Waals surface area (Å²) in [7, 11) is 2.02. The molecule has 0 saturated carbocycles. The van der Waals surface area contributed by atoms with Gasteiger partial charge in [-0.1, -0.05) is 26.0 Å². The summed E-state index contributed by atoms with van der Waals surface area (Å²) in [6, 6.07) is 0. The van der Waals surface area contributed by atoms with Crippen molar-refractivity contribution in [1.82, 2.24) is 24.8 Å². The molecule has 0 radical (unpaired) electrons. The SMILES string of the molecule is CC.CN(Cc1cnc2nc(N)nc(N)c2n1)C1=CCCC=C1. The van der Waals surface area contributed by atoms with Gasteiger partial charge in [0.1, 0.15) is 0 Å². The maximum absolute atomic E-state index is 5.83. The van der Waals surface area contributed by atoms with Crippen LogP contribution in [0.1, 0.15) is 32.4 Å². The molecule has 2 aromatic heterocycles. The van der Waals surface area contributed by atoms with Crippen LogP contribution in [0.15, 0.2) is 30.1 Å². The molecular formula is C16H23N7. The molecule has 0 fully saturated rings. The van der Waals surface area contributed by atoms with E-state index in [1.54, 1.807) is 6.20 Å². The van der Waals surface area contributed by atoms with E-state index in [1.165, 1.54) is 5.70 Å². The molecule has 0 unspecified atom stereocenters. The normalized spacial score (nSPS) is 13.3. The number of hydrogen-bond donors (Lipinski definition) is 2. The van der Waals surface area contributed by atoms with E-state index in [0.29, 0.717) is 17.7 Å². The summed E-state index contributed by atoms with van der Waals surface area (Å²) in [5, 5.41) is 0. The lowest BCUT2D eigenvalue weighted by molar-refractivity contribution is 0.415. The molecule has 0 aromatic carbocycles.